The first-order valence-corrected chi connectivity index (χ1v) is 35.7. The third kappa shape index (κ3) is 55.9. The van der Waals surface area contributed by atoms with Crippen LogP contribution in [0.3, 0.4) is 0 Å². The molecule has 0 spiro atoms. The molecule has 0 aromatic rings. The second-order valence-corrected chi connectivity index (χ2v) is 27.4. The van der Waals surface area contributed by atoms with Gasteiger partial charge in [-0.3, -0.25) is 37.3 Å². The molecule has 3 N–H and O–H groups in total. The molecular formula is C63H122O17P2. The molecule has 0 rings (SSSR count). The van der Waals surface area contributed by atoms with E-state index in [1.54, 1.807) is 0 Å². The molecule has 0 aliphatic carbocycles. The summed E-state index contributed by atoms with van der Waals surface area (Å²) in [6.07, 6.45) is 32.4. The highest BCUT2D eigenvalue weighted by Crippen LogP contribution is 2.45. The number of phosphoric acid groups is 2. The van der Waals surface area contributed by atoms with Crippen LogP contribution in [0.15, 0.2) is 0 Å². The van der Waals surface area contributed by atoms with Crippen LogP contribution in [0.5, 0.6) is 0 Å². The number of hydrogen-bond acceptors (Lipinski definition) is 15. The van der Waals surface area contributed by atoms with E-state index in [-0.39, 0.29) is 25.7 Å². The third-order valence-electron chi connectivity index (χ3n) is 14.7. The molecular weight excluding hydrogens is 1090 g/mol. The summed E-state index contributed by atoms with van der Waals surface area (Å²) in [6.45, 7) is 13.9. The van der Waals surface area contributed by atoms with Crippen molar-refractivity contribution in [1.29, 1.82) is 0 Å². The predicted octanol–water partition coefficient (Wildman–Crippen LogP) is 17.0. The van der Waals surface area contributed by atoms with Crippen molar-refractivity contribution in [2.75, 3.05) is 39.6 Å². The maximum absolute atomic E-state index is 13.0. The summed E-state index contributed by atoms with van der Waals surface area (Å²) in [5, 5.41) is 10.5. The van der Waals surface area contributed by atoms with Gasteiger partial charge in [0, 0.05) is 25.7 Å². The molecule has 0 aromatic carbocycles. The smallest absolute Gasteiger partial charge is 0.462 e. The quantitative estimate of drug-likeness (QED) is 0.0222. The lowest BCUT2D eigenvalue weighted by atomic mass is 10.00. The zero-order chi connectivity index (χ0) is 61.1. The molecule has 0 heterocycles. The van der Waals surface area contributed by atoms with E-state index in [1.807, 2.05) is 0 Å². The van der Waals surface area contributed by atoms with E-state index in [9.17, 15) is 43.2 Å². The van der Waals surface area contributed by atoms with Crippen molar-refractivity contribution < 1.29 is 80.2 Å². The van der Waals surface area contributed by atoms with Gasteiger partial charge in [0.25, 0.3) is 0 Å². The van der Waals surface area contributed by atoms with E-state index in [0.717, 1.165) is 115 Å². The molecule has 17 nitrogen and oxygen atoms in total. The lowest BCUT2D eigenvalue weighted by Gasteiger charge is -2.21. The Morgan fingerprint density at radius 3 is 0.866 bits per heavy atom. The molecule has 0 fully saturated rings. The minimum absolute atomic E-state index is 0.100. The minimum atomic E-state index is -4.94. The highest BCUT2D eigenvalue weighted by atomic mass is 31.2. The van der Waals surface area contributed by atoms with Crippen LogP contribution in [0.1, 0.15) is 299 Å². The van der Waals surface area contributed by atoms with E-state index in [1.165, 1.54) is 89.9 Å². The highest BCUT2D eigenvalue weighted by Gasteiger charge is 2.30. The molecule has 486 valence electrons. The lowest BCUT2D eigenvalue weighted by Crippen LogP contribution is -2.30. The van der Waals surface area contributed by atoms with Gasteiger partial charge in [-0.2, -0.15) is 0 Å². The topological polar surface area (TPSA) is 237 Å². The molecule has 0 radical (unpaired) electrons. The lowest BCUT2D eigenvalue weighted by molar-refractivity contribution is -0.161. The van der Waals surface area contributed by atoms with E-state index in [2.05, 4.69) is 55.4 Å². The Bertz CT molecular complexity index is 1650. The molecule has 6 atom stereocenters. The number of phosphoric ester groups is 2. The second-order valence-electron chi connectivity index (χ2n) is 24.5. The Hall–Kier alpha value is -1.94. The van der Waals surface area contributed by atoms with Gasteiger partial charge in [-0.15, -0.1) is 0 Å². The molecule has 0 saturated heterocycles. The van der Waals surface area contributed by atoms with Gasteiger partial charge in [0.05, 0.1) is 26.4 Å². The molecule has 19 heteroatoms. The van der Waals surface area contributed by atoms with E-state index < -0.39 is 97.5 Å². The average molecular weight is 1210 g/mol. The van der Waals surface area contributed by atoms with Crippen molar-refractivity contribution in [3.05, 3.63) is 0 Å². The largest absolute Gasteiger partial charge is 0.472 e. The van der Waals surface area contributed by atoms with Gasteiger partial charge in [-0.1, -0.05) is 248 Å². The Morgan fingerprint density at radius 2 is 0.585 bits per heavy atom. The SMILES string of the molecule is CCC(C)CCCCCCCCC(=O)OC[C@H](COP(=O)(O)OC[C@@H](O)COP(=O)(O)OC[C@@H](COC(=O)CCCCCCCCC(C)C)OC(=O)CCCCCCCCCCCCCC(C)C)OC(=O)CCCCCCCCC(C)C. The van der Waals surface area contributed by atoms with Gasteiger partial charge in [-0.05, 0) is 49.4 Å². The van der Waals surface area contributed by atoms with Crippen molar-refractivity contribution in [2.24, 2.45) is 23.7 Å². The zero-order valence-electron chi connectivity index (χ0n) is 53.1. The van der Waals surface area contributed by atoms with E-state index >= 15 is 0 Å². The zero-order valence-corrected chi connectivity index (χ0v) is 54.9. The first kappa shape index (κ1) is 80.1. The van der Waals surface area contributed by atoms with Crippen molar-refractivity contribution >= 4 is 39.5 Å². The number of esters is 4. The van der Waals surface area contributed by atoms with Crippen LogP contribution < -0.4 is 0 Å². The molecule has 3 unspecified atom stereocenters. The summed E-state index contributed by atoms with van der Waals surface area (Å²) in [5.74, 6) is 0.699. The number of carbonyl (C=O) groups is 4. The van der Waals surface area contributed by atoms with Crippen LogP contribution >= 0.6 is 15.6 Å². The van der Waals surface area contributed by atoms with Gasteiger partial charge in [0.1, 0.15) is 19.3 Å². The normalized spacial score (nSPS) is 14.8. The monoisotopic (exact) mass is 1210 g/mol. The maximum atomic E-state index is 13.0. The Balaban J connectivity index is 5.24. The first-order chi connectivity index (χ1) is 39.1. The van der Waals surface area contributed by atoms with Crippen LogP contribution in [0.2, 0.25) is 0 Å². The van der Waals surface area contributed by atoms with Gasteiger partial charge in [-0.25, -0.2) is 9.13 Å². The summed E-state index contributed by atoms with van der Waals surface area (Å²) >= 11 is 0. The van der Waals surface area contributed by atoms with Crippen molar-refractivity contribution in [3.8, 4) is 0 Å². The van der Waals surface area contributed by atoms with Gasteiger partial charge in [0.2, 0.25) is 0 Å². The van der Waals surface area contributed by atoms with Crippen LogP contribution in [-0.4, -0.2) is 96.7 Å². The Kier molecular flexibility index (Phi) is 52.0. The van der Waals surface area contributed by atoms with Gasteiger partial charge < -0.3 is 33.8 Å². The number of aliphatic hydroxyl groups excluding tert-OH is 1. The van der Waals surface area contributed by atoms with Crippen molar-refractivity contribution in [1.82, 2.24) is 0 Å². The number of ether oxygens (including phenoxy) is 4. The van der Waals surface area contributed by atoms with Gasteiger partial charge in [0.15, 0.2) is 12.2 Å². The van der Waals surface area contributed by atoms with E-state index in [0.29, 0.717) is 37.5 Å². The molecule has 0 saturated carbocycles. The highest BCUT2D eigenvalue weighted by molar-refractivity contribution is 7.47. The summed E-state index contributed by atoms with van der Waals surface area (Å²) in [5.41, 5.74) is 0. The molecule has 0 bridgehead atoms. The minimum Gasteiger partial charge on any atom is -0.462 e. The predicted molar refractivity (Wildman–Crippen MR) is 326 cm³/mol. The summed E-state index contributed by atoms with van der Waals surface area (Å²) in [7, 11) is -9.89. The average Bonchev–Trinajstić information content (AvgIpc) is 3.42. The Morgan fingerprint density at radius 1 is 0.341 bits per heavy atom. The summed E-state index contributed by atoms with van der Waals surface area (Å²) in [4.78, 5) is 72.1. The third-order valence-corrected chi connectivity index (χ3v) is 16.6. The summed E-state index contributed by atoms with van der Waals surface area (Å²) < 4.78 is 67.9. The number of hydrogen-bond donors (Lipinski definition) is 3. The standard InChI is InChI=1S/C63H122O17P2/c1-9-56(8)42-34-26-19-22-28-36-44-61(66)74-50-59(80-63(68)46-38-30-21-18-25-33-41-55(6)7)52-78-82(71,72)76-48-57(64)47-75-81(69,70)77-51-58(49-73-60(65)43-35-27-20-17-24-32-40-54(4)5)79-62(67)45-37-29-16-14-12-10-11-13-15-23-31-39-53(2)3/h53-59,64H,9-52H2,1-8H3,(H,69,70)(H,71,72)/t56?,57-,58+,59+/m0/s1. The van der Waals surface area contributed by atoms with Crippen LogP contribution in [0.4, 0.5) is 0 Å². The fourth-order valence-electron chi connectivity index (χ4n) is 9.22. The molecule has 0 aliphatic rings. The van der Waals surface area contributed by atoms with Crippen LogP contribution in [0.25, 0.3) is 0 Å². The Labute approximate surface area is 498 Å². The first-order valence-electron chi connectivity index (χ1n) is 32.7. The summed E-state index contributed by atoms with van der Waals surface area (Å²) in [6, 6.07) is 0. The maximum Gasteiger partial charge on any atom is 0.472 e. The number of unbranched alkanes of at least 4 members (excludes halogenated alkanes) is 25. The number of rotatable bonds is 60. The fourth-order valence-corrected chi connectivity index (χ4v) is 10.8. The second kappa shape index (κ2) is 53.3. The molecule has 82 heavy (non-hydrogen) atoms. The van der Waals surface area contributed by atoms with Crippen LogP contribution in [0, 0.1) is 23.7 Å². The molecule has 0 aliphatic heterocycles. The molecule has 0 amide bonds. The number of carbonyl (C=O) groups excluding carboxylic acids is 4. The fraction of sp³-hybridized carbons (Fsp3) is 0.937. The van der Waals surface area contributed by atoms with Gasteiger partial charge >= 0.3 is 39.5 Å². The van der Waals surface area contributed by atoms with Crippen molar-refractivity contribution in [2.45, 2.75) is 318 Å². The van der Waals surface area contributed by atoms with Crippen LogP contribution in [-0.2, 0) is 65.4 Å². The molecule has 0 aromatic heterocycles. The number of aliphatic hydroxyl groups is 1. The van der Waals surface area contributed by atoms with Crippen molar-refractivity contribution in [3.63, 3.8) is 0 Å². The van der Waals surface area contributed by atoms with E-state index in [4.69, 9.17) is 37.0 Å².